The van der Waals surface area contributed by atoms with Gasteiger partial charge in [0.15, 0.2) is 0 Å². The summed E-state index contributed by atoms with van der Waals surface area (Å²) < 4.78 is 5.18. The first-order valence-electron chi connectivity index (χ1n) is 5.55. The fourth-order valence-corrected chi connectivity index (χ4v) is 3.20. The van der Waals surface area contributed by atoms with Crippen molar-refractivity contribution in [1.82, 2.24) is 4.90 Å². The molecule has 0 saturated carbocycles. The quantitative estimate of drug-likeness (QED) is 0.783. The molecule has 1 amide bonds. The Labute approximate surface area is 104 Å². The van der Waals surface area contributed by atoms with Gasteiger partial charge in [0.25, 0.3) is 5.91 Å². The molecule has 2 unspecified atom stereocenters. The second-order valence-electron chi connectivity index (χ2n) is 4.43. The molecule has 16 heavy (non-hydrogen) atoms. The molecule has 4 heteroatoms. The van der Waals surface area contributed by atoms with E-state index in [0.29, 0.717) is 17.5 Å². The number of nitrogens with zero attached hydrogens (tertiary/aromatic N) is 1. The fraction of sp³-hybridized carbons (Fsp3) is 0.583. The summed E-state index contributed by atoms with van der Waals surface area (Å²) in [5, 5.41) is 0.844. The van der Waals surface area contributed by atoms with E-state index in [1.807, 2.05) is 11.8 Å². The Morgan fingerprint density at radius 1 is 1.69 bits per heavy atom. The number of furan rings is 1. The molecule has 3 nitrogen and oxygen atoms in total. The van der Waals surface area contributed by atoms with Crippen LogP contribution in [0.15, 0.2) is 16.7 Å². The van der Waals surface area contributed by atoms with Gasteiger partial charge in [0.1, 0.15) is 12.0 Å². The Hall–Kier alpha value is -0.770. The van der Waals surface area contributed by atoms with E-state index in [1.165, 1.54) is 0 Å². The number of rotatable bonds is 2. The zero-order valence-corrected chi connectivity index (χ0v) is 11.2. The third-order valence-electron chi connectivity index (χ3n) is 3.28. The minimum atomic E-state index is 0.0886. The lowest BCUT2D eigenvalue weighted by molar-refractivity contribution is 0.0738. The van der Waals surface area contributed by atoms with Crippen LogP contribution >= 0.6 is 15.9 Å². The van der Waals surface area contributed by atoms with Crippen LogP contribution in [0.4, 0.5) is 0 Å². The summed E-state index contributed by atoms with van der Waals surface area (Å²) in [6.07, 6.45) is 2.63. The highest BCUT2D eigenvalue weighted by molar-refractivity contribution is 9.09. The van der Waals surface area contributed by atoms with Gasteiger partial charge in [0.05, 0.1) is 5.56 Å². The third-order valence-corrected chi connectivity index (χ3v) is 3.94. The number of alkyl halides is 1. The van der Waals surface area contributed by atoms with Crippen LogP contribution in [0.3, 0.4) is 0 Å². The van der Waals surface area contributed by atoms with Gasteiger partial charge in [0, 0.05) is 17.9 Å². The summed E-state index contributed by atoms with van der Waals surface area (Å²) >= 11 is 3.49. The first-order valence-corrected chi connectivity index (χ1v) is 6.67. The average molecular weight is 286 g/mol. The van der Waals surface area contributed by atoms with E-state index < -0.39 is 0 Å². The van der Waals surface area contributed by atoms with Crippen molar-refractivity contribution >= 4 is 21.8 Å². The van der Waals surface area contributed by atoms with Gasteiger partial charge in [-0.2, -0.15) is 0 Å². The summed E-state index contributed by atoms with van der Waals surface area (Å²) in [7, 11) is 0. The number of likely N-dealkylation sites (tertiary alicyclic amines) is 1. The molecule has 1 aromatic heterocycles. The molecule has 0 spiro atoms. The SMILES string of the molecule is Cc1cc(C(=O)N2CCC(C)C2CBr)co1. The summed E-state index contributed by atoms with van der Waals surface area (Å²) in [6, 6.07) is 2.11. The summed E-state index contributed by atoms with van der Waals surface area (Å²) in [5.41, 5.74) is 0.664. The Kier molecular flexibility index (Phi) is 3.38. The van der Waals surface area contributed by atoms with Crippen molar-refractivity contribution in [3.63, 3.8) is 0 Å². The molecular weight excluding hydrogens is 270 g/mol. The van der Waals surface area contributed by atoms with E-state index in [-0.39, 0.29) is 5.91 Å². The molecule has 2 heterocycles. The van der Waals surface area contributed by atoms with Crippen LogP contribution in [0.5, 0.6) is 0 Å². The van der Waals surface area contributed by atoms with E-state index in [1.54, 1.807) is 12.3 Å². The summed E-state index contributed by atoms with van der Waals surface area (Å²) in [4.78, 5) is 14.2. The van der Waals surface area contributed by atoms with E-state index in [9.17, 15) is 4.79 Å². The minimum Gasteiger partial charge on any atom is -0.469 e. The van der Waals surface area contributed by atoms with Crippen LogP contribution in [-0.4, -0.2) is 28.7 Å². The van der Waals surface area contributed by atoms with Gasteiger partial charge in [-0.3, -0.25) is 4.79 Å². The van der Waals surface area contributed by atoms with Gasteiger partial charge in [-0.1, -0.05) is 22.9 Å². The zero-order valence-electron chi connectivity index (χ0n) is 9.57. The lowest BCUT2D eigenvalue weighted by atomic mass is 10.1. The molecule has 2 atom stereocenters. The lowest BCUT2D eigenvalue weighted by Crippen LogP contribution is -2.38. The standard InChI is InChI=1S/C12H16BrNO2/c1-8-3-4-14(11(8)6-13)12(15)10-5-9(2)16-7-10/h5,7-8,11H,3-4,6H2,1-2H3. The molecule has 0 aliphatic carbocycles. The van der Waals surface area contributed by atoms with Crippen LogP contribution in [0.25, 0.3) is 0 Å². The van der Waals surface area contributed by atoms with Crippen molar-refractivity contribution < 1.29 is 9.21 Å². The molecule has 1 aliphatic rings. The maximum Gasteiger partial charge on any atom is 0.257 e. The maximum absolute atomic E-state index is 12.2. The van der Waals surface area contributed by atoms with Crippen LogP contribution in [0.2, 0.25) is 0 Å². The van der Waals surface area contributed by atoms with Gasteiger partial charge in [-0.05, 0) is 25.3 Å². The number of aryl methyl sites for hydroxylation is 1. The van der Waals surface area contributed by atoms with Crippen molar-refractivity contribution in [3.8, 4) is 0 Å². The molecule has 2 rings (SSSR count). The Morgan fingerprint density at radius 2 is 2.44 bits per heavy atom. The minimum absolute atomic E-state index is 0.0886. The van der Waals surface area contributed by atoms with Crippen molar-refractivity contribution in [2.75, 3.05) is 11.9 Å². The predicted octanol–water partition coefficient (Wildman–Crippen LogP) is 2.83. The van der Waals surface area contributed by atoms with Gasteiger partial charge in [-0.15, -0.1) is 0 Å². The average Bonchev–Trinajstić information content (AvgIpc) is 2.83. The zero-order chi connectivity index (χ0) is 11.7. The molecule has 1 fully saturated rings. The summed E-state index contributed by atoms with van der Waals surface area (Å²) in [6.45, 7) is 4.89. The molecule has 88 valence electrons. The van der Waals surface area contributed by atoms with Crippen LogP contribution < -0.4 is 0 Å². The highest BCUT2D eigenvalue weighted by Gasteiger charge is 2.34. The van der Waals surface area contributed by atoms with E-state index in [0.717, 1.165) is 24.1 Å². The van der Waals surface area contributed by atoms with Gasteiger partial charge in [0.2, 0.25) is 0 Å². The Bertz CT molecular complexity index is 388. The fourth-order valence-electron chi connectivity index (χ4n) is 2.22. The van der Waals surface area contributed by atoms with E-state index >= 15 is 0 Å². The smallest absolute Gasteiger partial charge is 0.257 e. The van der Waals surface area contributed by atoms with Crippen molar-refractivity contribution in [1.29, 1.82) is 0 Å². The number of halogens is 1. The second-order valence-corrected chi connectivity index (χ2v) is 5.08. The van der Waals surface area contributed by atoms with Gasteiger partial charge in [-0.25, -0.2) is 0 Å². The van der Waals surface area contributed by atoms with Crippen LogP contribution in [-0.2, 0) is 0 Å². The molecular formula is C12H16BrNO2. The lowest BCUT2D eigenvalue weighted by Gasteiger charge is -2.24. The van der Waals surface area contributed by atoms with Gasteiger partial charge >= 0.3 is 0 Å². The van der Waals surface area contributed by atoms with Crippen molar-refractivity contribution in [2.45, 2.75) is 26.3 Å². The first kappa shape index (κ1) is 11.7. The molecule has 0 bridgehead atoms. The van der Waals surface area contributed by atoms with Gasteiger partial charge < -0.3 is 9.32 Å². The predicted molar refractivity (Wildman–Crippen MR) is 65.8 cm³/mol. The van der Waals surface area contributed by atoms with Crippen molar-refractivity contribution in [3.05, 3.63) is 23.7 Å². The molecule has 1 saturated heterocycles. The van der Waals surface area contributed by atoms with Crippen LogP contribution in [0, 0.1) is 12.8 Å². The molecule has 0 radical (unpaired) electrons. The number of hydrogen-bond donors (Lipinski definition) is 0. The second kappa shape index (κ2) is 4.62. The Morgan fingerprint density at radius 3 is 3.00 bits per heavy atom. The molecule has 0 aromatic carbocycles. The first-order chi connectivity index (χ1) is 7.63. The Balaban J connectivity index is 2.16. The number of amides is 1. The normalized spacial score (nSPS) is 25.1. The number of carbonyl (C=O) groups excluding carboxylic acids is 1. The number of carbonyl (C=O) groups is 1. The van der Waals surface area contributed by atoms with E-state index in [2.05, 4.69) is 22.9 Å². The van der Waals surface area contributed by atoms with Crippen LogP contribution in [0.1, 0.15) is 29.5 Å². The van der Waals surface area contributed by atoms with E-state index in [4.69, 9.17) is 4.42 Å². The monoisotopic (exact) mass is 285 g/mol. The van der Waals surface area contributed by atoms with Crippen molar-refractivity contribution in [2.24, 2.45) is 5.92 Å². The largest absolute Gasteiger partial charge is 0.469 e. The topological polar surface area (TPSA) is 33.5 Å². The molecule has 0 N–H and O–H groups in total. The number of hydrogen-bond acceptors (Lipinski definition) is 2. The molecule has 1 aromatic rings. The summed E-state index contributed by atoms with van der Waals surface area (Å²) in [5.74, 6) is 1.44. The molecule has 1 aliphatic heterocycles. The highest BCUT2D eigenvalue weighted by Crippen LogP contribution is 2.27. The maximum atomic E-state index is 12.2. The third kappa shape index (κ3) is 2.03. The highest BCUT2D eigenvalue weighted by atomic mass is 79.9.